The minimum Gasteiger partial charge on any atom is -0.465 e. The zero-order chi connectivity index (χ0) is 26.5. The highest BCUT2D eigenvalue weighted by Gasteiger charge is 2.44. The second-order valence-corrected chi connectivity index (χ2v) is 10.6. The van der Waals surface area contributed by atoms with Crippen LogP contribution in [0.5, 0.6) is 0 Å². The fraction of sp³-hybridized carbons (Fsp3) is 0.462. The van der Waals surface area contributed by atoms with Crippen molar-refractivity contribution in [3.63, 3.8) is 0 Å². The average molecular weight is 512 g/mol. The van der Waals surface area contributed by atoms with E-state index in [-0.39, 0.29) is 36.1 Å². The normalized spacial score (nSPS) is 20.2. The first kappa shape index (κ1) is 24.9. The molecule has 1 aromatic carbocycles. The number of aliphatic hydroxyl groups is 1. The van der Waals surface area contributed by atoms with E-state index in [0.29, 0.717) is 18.5 Å². The molecule has 2 aromatic heterocycles. The van der Waals surface area contributed by atoms with Crippen LogP contribution in [0.1, 0.15) is 70.1 Å². The summed E-state index contributed by atoms with van der Waals surface area (Å²) in [6.07, 6.45) is 2.86. The maximum atomic E-state index is 14.3. The van der Waals surface area contributed by atoms with E-state index >= 15 is 0 Å². The molecule has 2 fully saturated rings. The molecule has 11 heteroatoms. The molecule has 196 valence electrons. The third-order valence-electron chi connectivity index (χ3n) is 6.61. The van der Waals surface area contributed by atoms with Crippen LogP contribution in [-0.2, 0) is 10.5 Å². The number of piperidine rings is 1. The van der Waals surface area contributed by atoms with Crippen LogP contribution in [0, 0.1) is 5.82 Å². The molecule has 5 rings (SSSR count). The van der Waals surface area contributed by atoms with Crippen LogP contribution in [0.25, 0.3) is 5.65 Å². The number of amides is 2. The standard InChI is InChI=1S/C26H30FN5O5/c1-25(2,3)37-24(35)31(18-8-6-7-17(27)13-18)21-14-20(26(36)11-4-5-12-30(26)23(33)34)29-22-19(16-9-10-16)15-28-32(21)22/h6-8,13-16,36H,4-5,9-12H2,1-3H3,(H,33,34). The highest BCUT2D eigenvalue weighted by molar-refractivity contribution is 5.95. The molecule has 1 aliphatic heterocycles. The number of ether oxygens (including phenoxy) is 1. The van der Waals surface area contributed by atoms with E-state index in [1.165, 1.54) is 33.7 Å². The maximum absolute atomic E-state index is 14.3. The lowest BCUT2D eigenvalue weighted by Crippen LogP contribution is -2.52. The van der Waals surface area contributed by atoms with Crippen molar-refractivity contribution in [2.24, 2.45) is 0 Å². The lowest BCUT2D eigenvalue weighted by Gasteiger charge is -2.41. The zero-order valence-electron chi connectivity index (χ0n) is 21.0. The molecular formula is C26H30FN5O5. The highest BCUT2D eigenvalue weighted by Crippen LogP contribution is 2.44. The first-order chi connectivity index (χ1) is 17.5. The molecule has 37 heavy (non-hydrogen) atoms. The Labute approximate surface area is 213 Å². The van der Waals surface area contributed by atoms with Gasteiger partial charge in [-0.25, -0.2) is 23.9 Å². The molecule has 3 aromatic rings. The topological polar surface area (TPSA) is 120 Å². The van der Waals surface area contributed by atoms with Crippen molar-refractivity contribution in [3.8, 4) is 0 Å². The molecular weight excluding hydrogens is 481 g/mol. The van der Waals surface area contributed by atoms with E-state index < -0.39 is 29.3 Å². The van der Waals surface area contributed by atoms with Crippen LogP contribution in [0.2, 0.25) is 0 Å². The lowest BCUT2D eigenvalue weighted by molar-refractivity contribution is -0.124. The number of benzene rings is 1. The van der Waals surface area contributed by atoms with Crippen molar-refractivity contribution in [1.29, 1.82) is 0 Å². The van der Waals surface area contributed by atoms with Gasteiger partial charge in [-0.1, -0.05) is 6.07 Å². The summed E-state index contributed by atoms with van der Waals surface area (Å²) >= 11 is 0. The third kappa shape index (κ3) is 4.71. The van der Waals surface area contributed by atoms with Crippen LogP contribution in [-0.4, -0.2) is 54.0 Å². The molecule has 0 radical (unpaired) electrons. The Morgan fingerprint density at radius 2 is 1.97 bits per heavy atom. The molecule has 2 N–H and O–H groups in total. The predicted molar refractivity (Wildman–Crippen MR) is 132 cm³/mol. The number of fused-ring (bicyclic) bond motifs is 1. The van der Waals surface area contributed by atoms with Gasteiger partial charge in [-0.05, 0) is 70.6 Å². The van der Waals surface area contributed by atoms with Gasteiger partial charge in [0.25, 0.3) is 0 Å². The molecule has 0 spiro atoms. The molecule has 1 saturated carbocycles. The summed E-state index contributed by atoms with van der Waals surface area (Å²) in [5, 5.41) is 26.1. The van der Waals surface area contributed by atoms with Gasteiger partial charge < -0.3 is 14.9 Å². The average Bonchev–Trinajstić information content (AvgIpc) is 3.56. The second-order valence-electron chi connectivity index (χ2n) is 10.6. The largest absolute Gasteiger partial charge is 0.465 e. The smallest absolute Gasteiger partial charge is 0.420 e. The number of carboxylic acid groups (broad SMARTS) is 1. The summed E-state index contributed by atoms with van der Waals surface area (Å²) in [4.78, 5) is 32.5. The van der Waals surface area contributed by atoms with Gasteiger partial charge in [-0.3, -0.25) is 4.90 Å². The number of halogens is 1. The Hall–Kier alpha value is -3.73. The Bertz CT molecular complexity index is 1370. The van der Waals surface area contributed by atoms with E-state index in [9.17, 15) is 24.2 Å². The van der Waals surface area contributed by atoms with Gasteiger partial charge in [-0.2, -0.15) is 9.61 Å². The molecule has 2 aliphatic rings. The number of carbonyl (C=O) groups excluding carboxylic acids is 1. The molecule has 1 unspecified atom stereocenters. The number of aromatic nitrogens is 3. The van der Waals surface area contributed by atoms with Gasteiger partial charge in [-0.15, -0.1) is 0 Å². The second kappa shape index (κ2) is 8.98. The number of hydrogen-bond donors (Lipinski definition) is 2. The van der Waals surface area contributed by atoms with Crippen molar-refractivity contribution in [2.75, 3.05) is 11.4 Å². The van der Waals surface area contributed by atoms with Gasteiger partial charge >= 0.3 is 12.2 Å². The number of rotatable bonds is 4. The van der Waals surface area contributed by atoms with E-state index in [1.54, 1.807) is 33.0 Å². The SMILES string of the molecule is CC(C)(C)OC(=O)N(c1cccc(F)c1)c1cc(C2(O)CCCCN2C(=O)O)nc2c(C3CC3)cnn12. The highest BCUT2D eigenvalue weighted by atomic mass is 19.1. The lowest BCUT2D eigenvalue weighted by atomic mass is 9.95. The predicted octanol–water partition coefficient (Wildman–Crippen LogP) is 5.13. The maximum Gasteiger partial charge on any atom is 0.420 e. The van der Waals surface area contributed by atoms with E-state index in [4.69, 9.17) is 9.72 Å². The van der Waals surface area contributed by atoms with Crippen molar-refractivity contribution in [2.45, 2.75) is 70.1 Å². The molecule has 3 heterocycles. The van der Waals surface area contributed by atoms with Crippen LogP contribution in [0.3, 0.4) is 0 Å². The Balaban J connectivity index is 1.76. The van der Waals surface area contributed by atoms with Crippen LogP contribution < -0.4 is 4.90 Å². The van der Waals surface area contributed by atoms with Gasteiger partial charge in [0.1, 0.15) is 17.2 Å². The van der Waals surface area contributed by atoms with Gasteiger partial charge in [0.2, 0.25) is 0 Å². The molecule has 1 atom stereocenters. The Morgan fingerprint density at radius 3 is 2.62 bits per heavy atom. The van der Waals surface area contributed by atoms with Crippen LogP contribution >= 0.6 is 0 Å². The number of nitrogens with zero attached hydrogens (tertiary/aromatic N) is 5. The summed E-state index contributed by atoms with van der Waals surface area (Å²) in [7, 11) is 0. The number of anilines is 2. The molecule has 1 aliphatic carbocycles. The minimum absolute atomic E-state index is 0.0736. The molecule has 2 amide bonds. The Kier molecular flexibility index (Phi) is 6.06. The Morgan fingerprint density at radius 1 is 1.22 bits per heavy atom. The first-order valence-corrected chi connectivity index (χ1v) is 12.4. The van der Waals surface area contributed by atoms with E-state index in [0.717, 1.165) is 23.3 Å². The molecule has 10 nitrogen and oxygen atoms in total. The summed E-state index contributed by atoms with van der Waals surface area (Å²) in [6.45, 7) is 5.30. The first-order valence-electron chi connectivity index (χ1n) is 12.4. The zero-order valence-corrected chi connectivity index (χ0v) is 21.0. The summed E-state index contributed by atoms with van der Waals surface area (Å²) < 4.78 is 21.5. The minimum atomic E-state index is -1.91. The number of hydrogen-bond acceptors (Lipinski definition) is 6. The van der Waals surface area contributed by atoms with E-state index in [1.807, 2.05) is 0 Å². The van der Waals surface area contributed by atoms with E-state index in [2.05, 4.69) is 5.10 Å². The van der Waals surface area contributed by atoms with Crippen molar-refractivity contribution < 1.29 is 28.9 Å². The van der Waals surface area contributed by atoms with Crippen molar-refractivity contribution in [1.82, 2.24) is 19.5 Å². The third-order valence-corrected chi connectivity index (χ3v) is 6.61. The van der Waals surface area contributed by atoms with Crippen LogP contribution in [0.4, 0.5) is 25.5 Å². The number of carbonyl (C=O) groups is 2. The summed E-state index contributed by atoms with van der Waals surface area (Å²) in [5.74, 6) is -0.177. The van der Waals surface area contributed by atoms with Crippen molar-refractivity contribution in [3.05, 3.63) is 53.6 Å². The quantitative estimate of drug-likeness (QED) is 0.498. The monoisotopic (exact) mass is 511 g/mol. The van der Waals surface area contributed by atoms with Crippen molar-refractivity contribution >= 4 is 29.3 Å². The molecule has 0 bridgehead atoms. The fourth-order valence-electron chi connectivity index (χ4n) is 4.75. The summed E-state index contributed by atoms with van der Waals surface area (Å²) in [5.41, 5.74) is -1.26. The number of likely N-dealkylation sites (tertiary alicyclic amines) is 1. The summed E-state index contributed by atoms with van der Waals surface area (Å²) in [6, 6.07) is 6.93. The van der Waals surface area contributed by atoms with Gasteiger partial charge in [0.15, 0.2) is 11.4 Å². The van der Waals surface area contributed by atoms with Gasteiger partial charge in [0, 0.05) is 24.6 Å². The van der Waals surface area contributed by atoms with Crippen LogP contribution in [0.15, 0.2) is 36.5 Å². The fourth-order valence-corrected chi connectivity index (χ4v) is 4.75. The molecule has 1 saturated heterocycles. The van der Waals surface area contributed by atoms with Gasteiger partial charge in [0.05, 0.1) is 17.6 Å².